The van der Waals surface area contributed by atoms with Crippen LogP contribution in [-0.4, -0.2) is 19.6 Å². The molecule has 0 fully saturated rings. The van der Waals surface area contributed by atoms with E-state index in [0.29, 0.717) is 35.4 Å². The van der Waals surface area contributed by atoms with Crippen LogP contribution in [0.4, 0.5) is 18.9 Å². The normalized spacial score (nSPS) is 15.2. The van der Waals surface area contributed by atoms with E-state index in [4.69, 9.17) is 9.47 Å². The number of carbonyl (C=O) groups excluding carboxylic acids is 1. The van der Waals surface area contributed by atoms with Crippen molar-refractivity contribution in [3.63, 3.8) is 0 Å². The van der Waals surface area contributed by atoms with Crippen LogP contribution in [0.3, 0.4) is 0 Å². The van der Waals surface area contributed by atoms with Gasteiger partial charge in [-0.25, -0.2) is 0 Å². The number of anilines is 1. The van der Waals surface area contributed by atoms with Crippen LogP contribution in [0.25, 0.3) is 16.3 Å². The van der Waals surface area contributed by atoms with E-state index in [2.05, 4.69) is 5.32 Å². The second-order valence-corrected chi connectivity index (χ2v) is 7.21. The van der Waals surface area contributed by atoms with Crippen LogP contribution in [0.1, 0.15) is 24.0 Å². The molecular formula is C24H20F3NO3. The van der Waals surface area contributed by atoms with Crippen molar-refractivity contribution >= 4 is 27.9 Å². The Morgan fingerprint density at radius 2 is 1.97 bits per heavy atom. The van der Waals surface area contributed by atoms with Crippen LogP contribution in [0, 0.1) is 0 Å². The van der Waals surface area contributed by atoms with Crippen molar-refractivity contribution in [1.29, 1.82) is 0 Å². The number of methoxy groups -OCH3 is 1. The molecule has 160 valence electrons. The van der Waals surface area contributed by atoms with Gasteiger partial charge < -0.3 is 14.8 Å². The van der Waals surface area contributed by atoms with Gasteiger partial charge in [0.05, 0.1) is 19.3 Å². The zero-order valence-electron chi connectivity index (χ0n) is 16.8. The molecule has 0 spiro atoms. The van der Waals surface area contributed by atoms with E-state index >= 15 is 0 Å². The molecule has 1 aliphatic heterocycles. The quantitative estimate of drug-likeness (QED) is 0.517. The van der Waals surface area contributed by atoms with Crippen LogP contribution in [0.5, 0.6) is 11.5 Å². The van der Waals surface area contributed by atoms with Crippen LogP contribution in [0.15, 0.2) is 60.7 Å². The molecule has 1 amide bonds. The van der Waals surface area contributed by atoms with E-state index in [1.165, 1.54) is 12.1 Å². The molecule has 1 N–H and O–H groups in total. The first-order valence-electron chi connectivity index (χ1n) is 9.78. The molecule has 3 aromatic rings. The molecule has 0 saturated carbocycles. The average Bonchev–Trinajstić information content (AvgIpc) is 2.94. The van der Waals surface area contributed by atoms with Gasteiger partial charge in [-0.2, -0.15) is 13.2 Å². The molecule has 4 rings (SSSR count). The van der Waals surface area contributed by atoms with Gasteiger partial charge in [0.25, 0.3) is 0 Å². The van der Waals surface area contributed by atoms with E-state index in [0.717, 1.165) is 22.9 Å². The molecule has 0 saturated heterocycles. The first-order chi connectivity index (χ1) is 14.8. The standard InChI is InChI=1S/C24H20F3NO3/c1-30-18-9-7-15-4-2-6-21(20(15)14-18)28-23(29)12-16-5-3-11-31-22-13-17(24(25,26)27)8-10-19(16)22/h2,4,6-10,12-14H,3,5,11H2,1H3,(H,28,29). The molecule has 7 heteroatoms. The Labute approximate surface area is 177 Å². The largest absolute Gasteiger partial charge is 0.497 e. The van der Waals surface area contributed by atoms with Gasteiger partial charge in [0, 0.05) is 22.7 Å². The van der Waals surface area contributed by atoms with Crippen molar-refractivity contribution in [2.75, 3.05) is 19.0 Å². The number of ether oxygens (including phenoxy) is 2. The second kappa shape index (κ2) is 8.34. The number of allylic oxidation sites excluding steroid dienone is 1. The lowest BCUT2D eigenvalue weighted by atomic mass is 9.99. The summed E-state index contributed by atoms with van der Waals surface area (Å²) in [6.45, 7) is 0.288. The fraction of sp³-hybridized carbons (Fsp3) is 0.208. The maximum absolute atomic E-state index is 13.0. The highest BCUT2D eigenvalue weighted by atomic mass is 19.4. The van der Waals surface area contributed by atoms with Gasteiger partial charge in [0.1, 0.15) is 11.5 Å². The summed E-state index contributed by atoms with van der Waals surface area (Å²) in [7, 11) is 1.57. The zero-order chi connectivity index (χ0) is 22.0. The number of nitrogens with one attached hydrogen (secondary N) is 1. The summed E-state index contributed by atoms with van der Waals surface area (Å²) in [5, 5.41) is 4.65. The number of hydrogen-bond acceptors (Lipinski definition) is 3. The van der Waals surface area contributed by atoms with Gasteiger partial charge in [-0.3, -0.25) is 4.79 Å². The van der Waals surface area contributed by atoms with Crippen molar-refractivity contribution in [2.24, 2.45) is 0 Å². The number of carbonyl (C=O) groups is 1. The number of halogens is 3. The minimum Gasteiger partial charge on any atom is -0.497 e. The third-order valence-electron chi connectivity index (χ3n) is 5.16. The van der Waals surface area contributed by atoms with Gasteiger partial charge in [0.15, 0.2) is 0 Å². The topological polar surface area (TPSA) is 47.6 Å². The molecule has 3 aromatic carbocycles. The molecule has 0 radical (unpaired) electrons. The number of amides is 1. The minimum atomic E-state index is -4.46. The molecule has 0 aromatic heterocycles. The molecule has 1 heterocycles. The average molecular weight is 427 g/mol. The summed E-state index contributed by atoms with van der Waals surface area (Å²) in [5.41, 5.74) is 0.981. The number of benzene rings is 3. The number of rotatable bonds is 3. The number of fused-ring (bicyclic) bond motifs is 2. The highest BCUT2D eigenvalue weighted by molar-refractivity contribution is 6.09. The summed E-state index contributed by atoms with van der Waals surface area (Å²) in [6, 6.07) is 14.5. The molecule has 0 bridgehead atoms. The summed E-state index contributed by atoms with van der Waals surface area (Å²) < 4.78 is 49.9. The Morgan fingerprint density at radius 3 is 2.74 bits per heavy atom. The minimum absolute atomic E-state index is 0.140. The van der Waals surface area contributed by atoms with Crippen LogP contribution >= 0.6 is 0 Å². The van der Waals surface area contributed by atoms with E-state index in [9.17, 15) is 18.0 Å². The predicted molar refractivity (Wildman–Crippen MR) is 113 cm³/mol. The van der Waals surface area contributed by atoms with E-state index in [1.54, 1.807) is 13.2 Å². The van der Waals surface area contributed by atoms with E-state index in [-0.39, 0.29) is 18.3 Å². The first-order valence-corrected chi connectivity index (χ1v) is 9.78. The summed E-state index contributed by atoms with van der Waals surface area (Å²) in [6.07, 6.45) is -1.91. The van der Waals surface area contributed by atoms with Crippen molar-refractivity contribution < 1.29 is 27.4 Å². The predicted octanol–water partition coefficient (Wildman–Crippen LogP) is 6.06. The molecule has 0 unspecified atom stereocenters. The van der Waals surface area contributed by atoms with Crippen LogP contribution in [-0.2, 0) is 11.0 Å². The molecule has 0 aliphatic carbocycles. The van der Waals surface area contributed by atoms with Crippen LogP contribution in [0.2, 0.25) is 0 Å². The maximum Gasteiger partial charge on any atom is 0.416 e. The fourth-order valence-corrected chi connectivity index (χ4v) is 3.63. The molecule has 4 nitrogen and oxygen atoms in total. The van der Waals surface area contributed by atoms with Gasteiger partial charge in [-0.15, -0.1) is 0 Å². The van der Waals surface area contributed by atoms with Crippen molar-refractivity contribution in [2.45, 2.75) is 19.0 Å². The Hall–Kier alpha value is -3.48. The number of hydrogen-bond donors (Lipinski definition) is 1. The van der Waals surface area contributed by atoms with Crippen LogP contribution < -0.4 is 14.8 Å². The Bertz CT molecular complexity index is 1170. The summed E-state index contributed by atoms with van der Waals surface area (Å²) in [5.74, 6) is 0.446. The lowest BCUT2D eigenvalue weighted by molar-refractivity contribution is -0.137. The van der Waals surface area contributed by atoms with Gasteiger partial charge in [0.2, 0.25) is 5.91 Å². The molecule has 0 atom stereocenters. The van der Waals surface area contributed by atoms with Gasteiger partial charge in [-0.1, -0.05) is 24.3 Å². The molecular weight excluding hydrogens is 407 g/mol. The third-order valence-corrected chi connectivity index (χ3v) is 5.16. The highest BCUT2D eigenvalue weighted by Crippen LogP contribution is 2.38. The van der Waals surface area contributed by atoms with E-state index < -0.39 is 11.7 Å². The Kier molecular flexibility index (Phi) is 5.59. The lowest BCUT2D eigenvalue weighted by Crippen LogP contribution is -2.09. The lowest BCUT2D eigenvalue weighted by Gasteiger charge is -2.13. The fourth-order valence-electron chi connectivity index (χ4n) is 3.63. The smallest absolute Gasteiger partial charge is 0.416 e. The highest BCUT2D eigenvalue weighted by Gasteiger charge is 2.32. The Morgan fingerprint density at radius 1 is 1.13 bits per heavy atom. The number of alkyl halides is 3. The van der Waals surface area contributed by atoms with Gasteiger partial charge in [-0.05, 0) is 54.1 Å². The monoisotopic (exact) mass is 427 g/mol. The van der Waals surface area contributed by atoms with Gasteiger partial charge >= 0.3 is 6.18 Å². The molecule has 1 aliphatic rings. The maximum atomic E-state index is 13.0. The Balaban J connectivity index is 1.65. The third kappa shape index (κ3) is 4.50. The summed E-state index contributed by atoms with van der Waals surface area (Å²) >= 11 is 0. The van der Waals surface area contributed by atoms with Crippen molar-refractivity contribution in [1.82, 2.24) is 0 Å². The zero-order valence-corrected chi connectivity index (χ0v) is 16.8. The SMILES string of the molecule is COc1ccc2cccc(NC(=O)C=C3CCCOc4cc(C(F)(F)F)ccc43)c2c1. The first kappa shape index (κ1) is 20.8. The summed E-state index contributed by atoms with van der Waals surface area (Å²) in [4.78, 5) is 12.8. The second-order valence-electron chi connectivity index (χ2n) is 7.21. The van der Waals surface area contributed by atoms with E-state index in [1.807, 2.05) is 30.3 Å². The molecule has 31 heavy (non-hydrogen) atoms. The van der Waals surface area contributed by atoms with Crippen molar-refractivity contribution in [3.05, 3.63) is 71.8 Å². The van der Waals surface area contributed by atoms with Crippen molar-refractivity contribution in [3.8, 4) is 11.5 Å².